The van der Waals surface area contributed by atoms with Crippen LogP contribution in [0.15, 0.2) is 125 Å². The summed E-state index contributed by atoms with van der Waals surface area (Å²) in [5, 5.41) is 2.59. The number of rotatable bonds is 3. The number of pyridine rings is 1. The van der Waals surface area contributed by atoms with Gasteiger partial charge < -0.3 is 0 Å². The quantitative estimate of drug-likeness (QED) is 0.194. The van der Waals surface area contributed by atoms with Gasteiger partial charge in [-0.3, -0.25) is 15.0 Å². The van der Waals surface area contributed by atoms with Crippen molar-refractivity contribution in [3.63, 3.8) is 0 Å². The molecule has 10 rings (SSSR count). The van der Waals surface area contributed by atoms with Crippen LogP contribution in [-0.2, 0) is 6.42 Å². The van der Waals surface area contributed by atoms with Crippen LogP contribution in [0.3, 0.4) is 0 Å². The second kappa shape index (κ2) is 11.1. The third-order valence-electron chi connectivity index (χ3n) is 10.9. The Balaban J connectivity index is 0.971. The molecule has 5 aromatic rings. The monoisotopic (exact) mass is 637 g/mol. The molecule has 0 N–H and O–H groups in total. The highest BCUT2D eigenvalue weighted by atomic mass is 32.1. The highest BCUT2D eigenvalue weighted by Crippen LogP contribution is 2.48. The molecule has 0 saturated heterocycles. The van der Waals surface area contributed by atoms with Crippen LogP contribution in [0.1, 0.15) is 76.6 Å². The molecule has 48 heavy (non-hydrogen) atoms. The van der Waals surface area contributed by atoms with Gasteiger partial charge in [-0.1, -0.05) is 98.0 Å². The van der Waals surface area contributed by atoms with Crippen molar-refractivity contribution < 1.29 is 0 Å². The van der Waals surface area contributed by atoms with Crippen molar-refractivity contribution >= 4 is 56.0 Å². The van der Waals surface area contributed by atoms with Crippen molar-refractivity contribution in [1.29, 1.82) is 0 Å². The Bertz CT molecular complexity index is 2380. The average Bonchev–Trinajstić information content (AvgIpc) is 3.54. The van der Waals surface area contributed by atoms with Gasteiger partial charge >= 0.3 is 0 Å². The molecule has 3 aliphatic carbocycles. The van der Waals surface area contributed by atoms with Gasteiger partial charge in [0.2, 0.25) is 0 Å². The zero-order valence-electron chi connectivity index (χ0n) is 26.9. The van der Waals surface area contributed by atoms with Crippen LogP contribution in [0, 0.1) is 0 Å². The van der Waals surface area contributed by atoms with Crippen LogP contribution in [0.2, 0.25) is 0 Å². The minimum atomic E-state index is 0.136. The van der Waals surface area contributed by atoms with Gasteiger partial charge in [0.25, 0.3) is 0 Å². The first-order chi connectivity index (χ1) is 23.7. The number of allylic oxidation sites excluding steroid dienone is 7. The van der Waals surface area contributed by atoms with E-state index in [1.54, 1.807) is 0 Å². The minimum Gasteiger partial charge on any atom is -0.276 e. The number of thiophene rings is 1. The van der Waals surface area contributed by atoms with Crippen LogP contribution in [-0.4, -0.2) is 23.0 Å². The summed E-state index contributed by atoms with van der Waals surface area (Å²) < 4.78 is 1.45. The highest BCUT2D eigenvalue weighted by Gasteiger charge is 2.34. The summed E-state index contributed by atoms with van der Waals surface area (Å²) in [7, 11) is 0. The summed E-state index contributed by atoms with van der Waals surface area (Å²) in [6, 6.07) is 20.6. The van der Waals surface area contributed by atoms with Crippen molar-refractivity contribution in [2.45, 2.75) is 56.4 Å². The molecule has 232 valence electrons. The van der Waals surface area contributed by atoms with Gasteiger partial charge in [0.05, 0.1) is 23.0 Å². The van der Waals surface area contributed by atoms with Gasteiger partial charge in [-0.25, -0.2) is 0 Å². The third-order valence-corrected chi connectivity index (χ3v) is 12.1. The largest absolute Gasteiger partial charge is 0.276 e. The molecule has 4 heterocycles. The molecule has 4 atom stereocenters. The van der Waals surface area contributed by atoms with Crippen molar-refractivity contribution in [3.05, 3.63) is 148 Å². The SMILES string of the molecule is CC1CC=Cc2sc3c4c(ccc3c21)C(C1=CCC(c2ccc(-c3cc5cccnc5c5c3CCC=N5)cc2)C=C1)=NC1C=CC=CC41. The first-order valence-electron chi connectivity index (χ1n) is 17.3. The fraction of sp³-hybridized carbons (Fsp3) is 0.205. The zero-order valence-corrected chi connectivity index (χ0v) is 27.8. The van der Waals surface area contributed by atoms with E-state index in [1.807, 2.05) is 29.8 Å². The van der Waals surface area contributed by atoms with Crippen LogP contribution < -0.4 is 0 Å². The first kappa shape index (κ1) is 28.1. The predicted octanol–water partition coefficient (Wildman–Crippen LogP) is 11.3. The van der Waals surface area contributed by atoms with Crippen molar-refractivity contribution in [3.8, 4) is 11.1 Å². The summed E-state index contributed by atoms with van der Waals surface area (Å²) in [4.78, 5) is 16.3. The van der Waals surface area contributed by atoms with E-state index in [0.717, 1.165) is 48.0 Å². The van der Waals surface area contributed by atoms with Crippen molar-refractivity contribution in [2.75, 3.05) is 0 Å². The topological polar surface area (TPSA) is 37.6 Å². The van der Waals surface area contributed by atoms with E-state index in [9.17, 15) is 0 Å². The van der Waals surface area contributed by atoms with E-state index in [2.05, 4.69) is 115 Å². The smallest absolute Gasteiger partial charge is 0.0961 e. The molecule has 0 radical (unpaired) electrons. The zero-order chi connectivity index (χ0) is 31.8. The fourth-order valence-electron chi connectivity index (χ4n) is 8.53. The summed E-state index contributed by atoms with van der Waals surface area (Å²) in [5.41, 5.74) is 13.9. The number of benzene rings is 3. The van der Waals surface area contributed by atoms with Crippen molar-refractivity contribution in [2.24, 2.45) is 9.98 Å². The Kier molecular flexibility index (Phi) is 6.48. The molecule has 3 nitrogen and oxygen atoms in total. The predicted molar refractivity (Wildman–Crippen MR) is 203 cm³/mol. The summed E-state index contributed by atoms with van der Waals surface area (Å²) in [6.45, 7) is 2.37. The van der Waals surface area contributed by atoms with E-state index in [1.165, 1.54) is 59.5 Å². The van der Waals surface area contributed by atoms with E-state index in [4.69, 9.17) is 9.98 Å². The maximum absolute atomic E-state index is 5.41. The Morgan fingerprint density at radius 2 is 1.79 bits per heavy atom. The van der Waals surface area contributed by atoms with Gasteiger partial charge in [0, 0.05) is 44.8 Å². The van der Waals surface area contributed by atoms with Crippen LogP contribution in [0.25, 0.3) is 38.2 Å². The number of hydrogen-bond acceptors (Lipinski definition) is 4. The highest BCUT2D eigenvalue weighted by molar-refractivity contribution is 7.20. The maximum atomic E-state index is 5.41. The Labute approximate surface area is 285 Å². The van der Waals surface area contributed by atoms with Gasteiger partial charge in [0.1, 0.15) is 0 Å². The lowest BCUT2D eigenvalue weighted by atomic mass is 9.78. The number of hydrogen-bond donors (Lipinski definition) is 0. The molecule has 4 heteroatoms. The molecule has 3 aromatic carbocycles. The standard InChI is InChI=1S/C44H35N3S/c1-26-7-4-12-38-39(26)35-22-21-34-40(44(35)48-38)33-9-2-3-11-37(33)47-41(34)30-19-15-28(16-20-30)27-13-17-29(18-14-27)36-25-31-8-5-23-45-42(31)43-32(36)10-6-24-46-43/h2-5,8-9,11-15,17-26,28,33,37H,6-7,10,16H2,1H3. The molecular weight excluding hydrogens is 603 g/mol. The van der Waals surface area contributed by atoms with E-state index < -0.39 is 0 Å². The average molecular weight is 638 g/mol. The molecule has 0 amide bonds. The lowest BCUT2D eigenvalue weighted by molar-refractivity contribution is 0.708. The maximum Gasteiger partial charge on any atom is 0.0961 e. The van der Waals surface area contributed by atoms with E-state index >= 15 is 0 Å². The summed E-state index contributed by atoms with van der Waals surface area (Å²) >= 11 is 1.98. The third kappa shape index (κ3) is 4.35. The second-order valence-electron chi connectivity index (χ2n) is 13.7. The molecule has 5 aliphatic rings. The molecule has 2 aliphatic heterocycles. The number of nitrogens with zero attached hydrogens (tertiary/aromatic N) is 3. The molecule has 0 bridgehead atoms. The lowest BCUT2D eigenvalue weighted by Crippen LogP contribution is -2.26. The number of aliphatic imine (C=N–C) groups is 2. The first-order valence-corrected chi connectivity index (χ1v) is 18.1. The molecule has 0 spiro atoms. The normalized spacial score (nSPS) is 23.4. The lowest BCUT2D eigenvalue weighted by Gasteiger charge is -2.31. The summed E-state index contributed by atoms with van der Waals surface area (Å²) in [5.74, 6) is 1.19. The fourth-order valence-corrected chi connectivity index (χ4v) is 9.98. The van der Waals surface area contributed by atoms with Gasteiger partial charge in [-0.15, -0.1) is 11.3 Å². The van der Waals surface area contributed by atoms with Crippen LogP contribution in [0.5, 0.6) is 0 Å². The van der Waals surface area contributed by atoms with E-state index in [-0.39, 0.29) is 12.0 Å². The van der Waals surface area contributed by atoms with Gasteiger partial charge in [0.15, 0.2) is 0 Å². The second-order valence-corrected chi connectivity index (χ2v) is 14.8. The Morgan fingerprint density at radius 1 is 0.875 bits per heavy atom. The summed E-state index contributed by atoms with van der Waals surface area (Å²) in [6.07, 6.45) is 28.8. The van der Waals surface area contributed by atoms with Crippen molar-refractivity contribution in [1.82, 2.24) is 4.98 Å². The molecule has 4 unspecified atom stereocenters. The van der Waals surface area contributed by atoms with E-state index in [0.29, 0.717) is 11.8 Å². The van der Waals surface area contributed by atoms with Gasteiger partial charge in [-0.2, -0.15) is 0 Å². The Hall–Kier alpha value is -4.93. The molecule has 0 fully saturated rings. The van der Waals surface area contributed by atoms with Crippen LogP contribution >= 0.6 is 11.3 Å². The number of fused-ring (bicyclic) bond motifs is 10. The minimum absolute atomic E-state index is 0.136. The molecule has 2 aromatic heterocycles. The number of aromatic nitrogens is 1. The molecule has 0 saturated carbocycles. The Morgan fingerprint density at radius 3 is 2.69 bits per heavy atom. The molecular formula is C44H35N3S. The van der Waals surface area contributed by atoms with Gasteiger partial charge in [-0.05, 0) is 94.1 Å². The van der Waals surface area contributed by atoms with Crippen LogP contribution in [0.4, 0.5) is 5.69 Å².